The number of rotatable bonds is 4. The molecule has 0 saturated carbocycles. The van der Waals surface area contributed by atoms with Crippen LogP contribution in [0.3, 0.4) is 0 Å². The van der Waals surface area contributed by atoms with Gasteiger partial charge in [0, 0.05) is 4.47 Å². The van der Waals surface area contributed by atoms with Crippen LogP contribution in [0.25, 0.3) is 0 Å². The van der Waals surface area contributed by atoms with Gasteiger partial charge in [-0.25, -0.2) is 9.78 Å². The number of anilines is 1. The zero-order valence-electron chi connectivity index (χ0n) is 10.6. The quantitative estimate of drug-likeness (QED) is 0.415. The minimum absolute atomic E-state index is 0.0111. The predicted octanol–water partition coefficient (Wildman–Crippen LogP) is 4.95. The van der Waals surface area contributed by atoms with Gasteiger partial charge in [-0.2, -0.15) is 5.10 Å². The first-order chi connectivity index (χ1) is 10.4. The molecule has 0 aliphatic heterocycles. The van der Waals surface area contributed by atoms with Crippen LogP contribution in [0.15, 0.2) is 33.8 Å². The van der Waals surface area contributed by atoms with Gasteiger partial charge < -0.3 is 5.11 Å². The summed E-state index contributed by atoms with van der Waals surface area (Å²) in [7, 11) is 0. The summed E-state index contributed by atoms with van der Waals surface area (Å²) in [5.41, 5.74) is 3.07. The smallest absolute Gasteiger partial charge is 0.356 e. The SMILES string of the molecule is O=C(O)c1nc(Cl)c(Cl)c(NN=Cc2cccc(Br)c2)c1Cl. The molecule has 5 nitrogen and oxygen atoms in total. The topological polar surface area (TPSA) is 74.6 Å². The van der Waals surface area contributed by atoms with Gasteiger partial charge in [-0.3, -0.25) is 5.43 Å². The highest BCUT2D eigenvalue weighted by Crippen LogP contribution is 2.36. The molecule has 0 saturated heterocycles. The monoisotopic (exact) mass is 421 g/mol. The maximum Gasteiger partial charge on any atom is 0.356 e. The van der Waals surface area contributed by atoms with Gasteiger partial charge >= 0.3 is 5.97 Å². The minimum atomic E-state index is -1.32. The Morgan fingerprint density at radius 3 is 2.68 bits per heavy atom. The van der Waals surface area contributed by atoms with Crippen molar-refractivity contribution in [3.05, 3.63) is 55.2 Å². The normalized spacial score (nSPS) is 10.9. The number of hydrazone groups is 1. The second-order valence-corrected chi connectivity index (χ2v) is 6.01. The lowest BCUT2D eigenvalue weighted by Gasteiger charge is -2.09. The number of aromatic nitrogens is 1. The number of pyridine rings is 1. The molecular weight excluding hydrogens is 416 g/mol. The molecule has 0 amide bonds. The Morgan fingerprint density at radius 2 is 2.05 bits per heavy atom. The standard InChI is InChI=1S/C13H7BrCl3N3O2/c14-7-3-1-2-6(4-7)5-18-20-10-8(15)11(13(21)22)19-12(17)9(10)16/h1-5H,(H,19,20)(H,21,22). The molecule has 22 heavy (non-hydrogen) atoms. The summed E-state index contributed by atoms with van der Waals surface area (Å²) in [4.78, 5) is 14.7. The number of hydrogen-bond acceptors (Lipinski definition) is 4. The number of nitrogens with zero attached hydrogens (tertiary/aromatic N) is 2. The molecule has 2 rings (SSSR count). The van der Waals surface area contributed by atoms with Crippen LogP contribution in [0, 0.1) is 0 Å². The Morgan fingerprint density at radius 1 is 1.32 bits per heavy atom. The van der Waals surface area contributed by atoms with E-state index in [0.29, 0.717) is 0 Å². The van der Waals surface area contributed by atoms with Crippen molar-refractivity contribution in [1.29, 1.82) is 0 Å². The summed E-state index contributed by atoms with van der Waals surface area (Å²) in [5.74, 6) is -1.32. The molecule has 2 N–H and O–H groups in total. The summed E-state index contributed by atoms with van der Waals surface area (Å²) < 4.78 is 0.896. The van der Waals surface area contributed by atoms with E-state index < -0.39 is 11.7 Å². The van der Waals surface area contributed by atoms with Crippen LogP contribution in [0.4, 0.5) is 5.69 Å². The Balaban J connectivity index is 2.31. The molecule has 0 atom stereocenters. The summed E-state index contributed by atoms with van der Waals surface area (Å²) in [6, 6.07) is 7.40. The molecule has 0 radical (unpaired) electrons. The second-order valence-electron chi connectivity index (χ2n) is 3.98. The molecule has 9 heteroatoms. The number of nitrogens with one attached hydrogen (secondary N) is 1. The highest BCUT2D eigenvalue weighted by Gasteiger charge is 2.20. The highest BCUT2D eigenvalue weighted by molar-refractivity contribution is 9.10. The molecule has 0 spiro atoms. The molecule has 2 aromatic rings. The summed E-state index contributed by atoms with van der Waals surface area (Å²) in [6.07, 6.45) is 1.52. The Kier molecular flexibility index (Phi) is 5.63. The van der Waals surface area contributed by atoms with Crippen molar-refractivity contribution in [3.63, 3.8) is 0 Å². The molecule has 0 bridgehead atoms. The van der Waals surface area contributed by atoms with Gasteiger partial charge in [0.15, 0.2) is 10.8 Å². The number of benzene rings is 1. The summed E-state index contributed by atoms with van der Waals surface area (Å²) >= 11 is 21.1. The zero-order valence-corrected chi connectivity index (χ0v) is 14.5. The molecule has 0 aliphatic rings. The molecule has 1 aromatic carbocycles. The van der Waals surface area contributed by atoms with Crippen molar-refractivity contribution in [3.8, 4) is 0 Å². The first kappa shape index (κ1) is 17.0. The Labute approximate surface area is 149 Å². The van der Waals surface area contributed by atoms with Gasteiger partial charge in [0.05, 0.1) is 11.9 Å². The van der Waals surface area contributed by atoms with Crippen molar-refractivity contribution in [2.45, 2.75) is 0 Å². The Hall–Kier alpha value is -1.34. The van der Waals surface area contributed by atoms with E-state index in [0.717, 1.165) is 10.0 Å². The van der Waals surface area contributed by atoms with Gasteiger partial charge in [-0.15, -0.1) is 0 Å². The molecule has 0 unspecified atom stereocenters. The number of hydrogen-bond donors (Lipinski definition) is 2. The van der Waals surface area contributed by atoms with Crippen LogP contribution in [0.1, 0.15) is 16.1 Å². The molecule has 114 valence electrons. The molecule has 0 aliphatic carbocycles. The van der Waals surface area contributed by atoms with Crippen molar-refractivity contribution < 1.29 is 9.90 Å². The lowest BCUT2D eigenvalue weighted by Crippen LogP contribution is -2.05. The third kappa shape index (κ3) is 3.89. The molecular formula is C13H7BrCl3N3O2. The van der Waals surface area contributed by atoms with Gasteiger partial charge in [0.1, 0.15) is 10.0 Å². The number of halogens is 4. The fourth-order valence-corrected chi connectivity index (χ4v) is 2.60. The lowest BCUT2D eigenvalue weighted by molar-refractivity contribution is 0.0691. The third-order valence-electron chi connectivity index (χ3n) is 2.48. The molecule has 1 heterocycles. The first-order valence-corrected chi connectivity index (χ1v) is 7.65. The number of carbonyl (C=O) groups is 1. The number of carboxylic acids is 1. The first-order valence-electron chi connectivity index (χ1n) is 5.72. The zero-order chi connectivity index (χ0) is 16.3. The maximum absolute atomic E-state index is 11.1. The van der Waals surface area contributed by atoms with Crippen molar-refractivity contribution >= 4 is 68.6 Å². The average molecular weight is 423 g/mol. The van der Waals surface area contributed by atoms with Crippen LogP contribution in [-0.2, 0) is 0 Å². The van der Waals surface area contributed by atoms with E-state index in [1.807, 2.05) is 24.3 Å². The van der Waals surface area contributed by atoms with E-state index in [1.54, 1.807) is 0 Å². The lowest BCUT2D eigenvalue weighted by atomic mass is 10.2. The van der Waals surface area contributed by atoms with E-state index in [1.165, 1.54) is 6.21 Å². The van der Waals surface area contributed by atoms with E-state index in [9.17, 15) is 4.79 Å². The van der Waals surface area contributed by atoms with E-state index in [4.69, 9.17) is 39.9 Å². The van der Waals surface area contributed by atoms with E-state index in [-0.39, 0.29) is 20.9 Å². The van der Waals surface area contributed by atoms with Gasteiger partial charge in [0.25, 0.3) is 0 Å². The van der Waals surface area contributed by atoms with Crippen molar-refractivity contribution in [2.75, 3.05) is 5.43 Å². The minimum Gasteiger partial charge on any atom is -0.476 e. The molecule has 0 fully saturated rings. The highest BCUT2D eigenvalue weighted by atomic mass is 79.9. The average Bonchev–Trinajstić information content (AvgIpc) is 2.46. The fraction of sp³-hybridized carbons (Fsp3) is 0. The fourth-order valence-electron chi connectivity index (χ4n) is 1.51. The second kappa shape index (κ2) is 7.28. The summed E-state index contributed by atoms with van der Waals surface area (Å²) in [6.45, 7) is 0. The largest absolute Gasteiger partial charge is 0.476 e. The maximum atomic E-state index is 11.1. The van der Waals surface area contributed by atoms with Crippen LogP contribution in [0.5, 0.6) is 0 Å². The molecule has 1 aromatic heterocycles. The van der Waals surface area contributed by atoms with Gasteiger partial charge in [0.2, 0.25) is 0 Å². The predicted molar refractivity (Wildman–Crippen MR) is 91.6 cm³/mol. The summed E-state index contributed by atoms with van der Waals surface area (Å²) in [5, 5.41) is 12.6. The van der Waals surface area contributed by atoms with Crippen LogP contribution in [0.2, 0.25) is 15.2 Å². The van der Waals surface area contributed by atoms with Gasteiger partial charge in [-0.1, -0.05) is 62.9 Å². The van der Waals surface area contributed by atoms with Crippen LogP contribution >= 0.6 is 50.7 Å². The number of aromatic carboxylic acids is 1. The Bertz CT molecular complexity index is 768. The van der Waals surface area contributed by atoms with Gasteiger partial charge in [-0.05, 0) is 17.7 Å². The third-order valence-corrected chi connectivity index (χ3v) is 4.08. The van der Waals surface area contributed by atoms with Crippen molar-refractivity contribution in [1.82, 2.24) is 4.98 Å². The van der Waals surface area contributed by atoms with Crippen LogP contribution in [-0.4, -0.2) is 22.3 Å². The van der Waals surface area contributed by atoms with E-state index >= 15 is 0 Å². The van der Waals surface area contributed by atoms with Crippen molar-refractivity contribution in [2.24, 2.45) is 5.10 Å². The number of carboxylic acid groups (broad SMARTS) is 1. The van der Waals surface area contributed by atoms with E-state index in [2.05, 4.69) is 31.4 Å². The van der Waals surface area contributed by atoms with Crippen LogP contribution < -0.4 is 5.43 Å².